The van der Waals surface area contributed by atoms with Gasteiger partial charge >= 0.3 is 0 Å². The van der Waals surface area contributed by atoms with E-state index in [9.17, 15) is 8.42 Å². The minimum absolute atomic E-state index is 0.0287. The van der Waals surface area contributed by atoms with Crippen LogP contribution in [0.3, 0.4) is 0 Å². The quantitative estimate of drug-likeness (QED) is 0.787. The van der Waals surface area contributed by atoms with Crippen LogP contribution in [0, 0.1) is 11.8 Å². The van der Waals surface area contributed by atoms with Gasteiger partial charge in [0, 0.05) is 18.8 Å². The molecule has 0 heterocycles. The molecule has 0 saturated heterocycles. The molecule has 0 aliphatic carbocycles. The molecule has 0 bridgehead atoms. The Morgan fingerprint density at radius 3 is 2.00 bits per heavy atom. The van der Waals surface area contributed by atoms with Crippen molar-refractivity contribution in [3.63, 3.8) is 0 Å². The average Bonchev–Trinajstić information content (AvgIpc) is 2.30. The normalized spacial score (nSPS) is 12.6. The average molecular weight is 298 g/mol. The Hall–Kier alpha value is -1.07. The molecule has 20 heavy (non-hydrogen) atoms. The zero-order valence-electron chi connectivity index (χ0n) is 12.8. The smallest absolute Gasteiger partial charge is 0.218 e. The van der Waals surface area contributed by atoms with Gasteiger partial charge in [0.1, 0.15) is 0 Å². The largest absolute Gasteiger partial charge is 0.398 e. The highest BCUT2D eigenvalue weighted by atomic mass is 32.2. The highest BCUT2D eigenvalue weighted by Crippen LogP contribution is 2.18. The first kappa shape index (κ1) is 17.0. The van der Waals surface area contributed by atoms with Gasteiger partial charge in [-0.25, -0.2) is 12.7 Å². The van der Waals surface area contributed by atoms with Crippen molar-refractivity contribution in [1.82, 2.24) is 4.31 Å². The van der Waals surface area contributed by atoms with Gasteiger partial charge in [-0.05, 0) is 23.5 Å². The molecule has 0 unspecified atom stereocenters. The second-order valence-corrected chi connectivity index (χ2v) is 8.03. The molecule has 0 radical (unpaired) electrons. The van der Waals surface area contributed by atoms with Crippen LogP contribution in [0.15, 0.2) is 24.3 Å². The summed E-state index contributed by atoms with van der Waals surface area (Å²) in [6.45, 7) is 9.21. The van der Waals surface area contributed by atoms with Crippen LogP contribution >= 0.6 is 0 Å². The maximum absolute atomic E-state index is 12.6. The maximum Gasteiger partial charge on any atom is 0.218 e. The van der Waals surface area contributed by atoms with Gasteiger partial charge in [0.15, 0.2) is 0 Å². The summed E-state index contributed by atoms with van der Waals surface area (Å²) in [5.74, 6) is 0.576. The number of hydrogen-bond donors (Lipinski definition) is 1. The lowest BCUT2D eigenvalue weighted by molar-refractivity contribution is 0.333. The molecule has 1 rings (SSSR count). The number of benzene rings is 1. The number of nitrogens with two attached hydrogens (primary N) is 1. The third-order valence-electron chi connectivity index (χ3n) is 2.92. The Labute approximate surface area is 123 Å². The van der Waals surface area contributed by atoms with Crippen molar-refractivity contribution in [1.29, 1.82) is 0 Å². The zero-order valence-corrected chi connectivity index (χ0v) is 13.7. The topological polar surface area (TPSA) is 63.4 Å². The lowest BCUT2D eigenvalue weighted by Gasteiger charge is -2.26. The summed E-state index contributed by atoms with van der Waals surface area (Å²) >= 11 is 0. The van der Waals surface area contributed by atoms with Crippen LogP contribution < -0.4 is 5.73 Å². The first-order chi connectivity index (χ1) is 9.22. The molecule has 4 nitrogen and oxygen atoms in total. The Bertz CT molecular complexity index is 514. The lowest BCUT2D eigenvalue weighted by atomic mass is 10.2. The first-order valence-electron chi connectivity index (χ1n) is 7.03. The minimum atomic E-state index is -3.33. The summed E-state index contributed by atoms with van der Waals surface area (Å²) in [4.78, 5) is 0. The first-order valence-corrected chi connectivity index (χ1v) is 8.64. The summed E-state index contributed by atoms with van der Waals surface area (Å²) in [5, 5.41) is 0. The van der Waals surface area contributed by atoms with Gasteiger partial charge in [0.2, 0.25) is 10.0 Å². The summed E-state index contributed by atoms with van der Waals surface area (Å²) in [6, 6.07) is 7.14. The summed E-state index contributed by atoms with van der Waals surface area (Å²) in [6.07, 6.45) is 0. The Balaban J connectivity index is 2.95. The fourth-order valence-corrected chi connectivity index (χ4v) is 3.96. The maximum atomic E-state index is 12.6. The van der Waals surface area contributed by atoms with Crippen molar-refractivity contribution < 1.29 is 8.42 Å². The second kappa shape index (κ2) is 7.09. The standard InChI is InChI=1S/C15H26N2O2S/c1-12(2)9-17(10-13(3)4)20(18,19)11-14-7-5-6-8-15(14)16/h5-8,12-13H,9-11,16H2,1-4H3. The Morgan fingerprint density at radius 2 is 1.55 bits per heavy atom. The van der Waals surface area contributed by atoms with Gasteiger partial charge < -0.3 is 5.73 Å². The van der Waals surface area contributed by atoms with Crippen molar-refractivity contribution in [3.8, 4) is 0 Å². The molecule has 0 amide bonds. The number of nitrogens with zero attached hydrogens (tertiary/aromatic N) is 1. The van der Waals surface area contributed by atoms with Gasteiger partial charge in [0.05, 0.1) is 5.75 Å². The predicted molar refractivity (Wildman–Crippen MR) is 84.7 cm³/mol. The van der Waals surface area contributed by atoms with Crippen LogP contribution in [0.25, 0.3) is 0 Å². The number of sulfonamides is 1. The summed E-state index contributed by atoms with van der Waals surface area (Å²) in [5.41, 5.74) is 7.05. The number of rotatable bonds is 7. The molecule has 0 atom stereocenters. The highest BCUT2D eigenvalue weighted by molar-refractivity contribution is 7.88. The predicted octanol–water partition coefficient (Wildman–Crippen LogP) is 2.71. The summed E-state index contributed by atoms with van der Waals surface area (Å²) < 4.78 is 26.8. The van der Waals surface area contributed by atoms with E-state index in [4.69, 9.17) is 5.73 Å². The Morgan fingerprint density at radius 1 is 1.05 bits per heavy atom. The molecular formula is C15H26N2O2S. The van der Waals surface area contributed by atoms with Crippen LogP contribution in [0.1, 0.15) is 33.3 Å². The van der Waals surface area contributed by atoms with E-state index in [2.05, 4.69) is 0 Å². The van der Waals surface area contributed by atoms with Crippen molar-refractivity contribution in [2.45, 2.75) is 33.4 Å². The van der Waals surface area contributed by atoms with Crippen LogP contribution in [0.4, 0.5) is 5.69 Å². The molecule has 0 fully saturated rings. The van der Waals surface area contributed by atoms with E-state index in [1.165, 1.54) is 0 Å². The minimum Gasteiger partial charge on any atom is -0.398 e. The van der Waals surface area contributed by atoms with E-state index in [1.807, 2.05) is 39.8 Å². The fraction of sp³-hybridized carbons (Fsp3) is 0.600. The molecule has 114 valence electrons. The van der Waals surface area contributed by atoms with Crippen molar-refractivity contribution in [2.75, 3.05) is 18.8 Å². The van der Waals surface area contributed by atoms with Gasteiger partial charge in [0.25, 0.3) is 0 Å². The fourth-order valence-electron chi connectivity index (χ4n) is 2.07. The van der Waals surface area contributed by atoms with E-state index < -0.39 is 10.0 Å². The molecule has 1 aromatic carbocycles. The third kappa shape index (κ3) is 5.13. The molecule has 5 heteroatoms. The number of hydrogen-bond acceptors (Lipinski definition) is 3. The van der Waals surface area contributed by atoms with E-state index in [1.54, 1.807) is 16.4 Å². The van der Waals surface area contributed by atoms with E-state index >= 15 is 0 Å². The molecule has 0 aliphatic rings. The van der Waals surface area contributed by atoms with E-state index in [0.717, 1.165) is 0 Å². The van der Waals surface area contributed by atoms with Crippen molar-refractivity contribution in [3.05, 3.63) is 29.8 Å². The second-order valence-electron chi connectivity index (χ2n) is 6.06. The molecular weight excluding hydrogens is 272 g/mol. The van der Waals surface area contributed by atoms with E-state index in [-0.39, 0.29) is 5.75 Å². The number of anilines is 1. The number of nitrogen functional groups attached to an aromatic ring is 1. The Kier molecular flexibility index (Phi) is 6.02. The lowest BCUT2D eigenvalue weighted by Crippen LogP contribution is -2.37. The third-order valence-corrected chi connectivity index (χ3v) is 4.68. The monoisotopic (exact) mass is 298 g/mol. The molecule has 0 saturated carbocycles. The van der Waals surface area contributed by atoms with Gasteiger partial charge in [-0.3, -0.25) is 0 Å². The van der Waals surface area contributed by atoms with Crippen molar-refractivity contribution in [2.24, 2.45) is 11.8 Å². The van der Waals surface area contributed by atoms with Gasteiger partial charge in [-0.15, -0.1) is 0 Å². The summed E-state index contributed by atoms with van der Waals surface area (Å²) in [7, 11) is -3.33. The van der Waals surface area contributed by atoms with Crippen molar-refractivity contribution >= 4 is 15.7 Å². The van der Waals surface area contributed by atoms with Gasteiger partial charge in [-0.2, -0.15) is 0 Å². The molecule has 0 aliphatic heterocycles. The molecule has 0 aromatic heterocycles. The van der Waals surface area contributed by atoms with Gasteiger partial charge in [-0.1, -0.05) is 45.9 Å². The SMILES string of the molecule is CC(C)CN(CC(C)C)S(=O)(=O)Cc1ccccc1N. The van der Waals surface area contributed by atoms with Crippen LogP contribution in [-0.4, -0.2) is 25.8 Å². The zero-order chi connectivity index (χ0) is 15.3. The number of para-hydroxylation sites is 1. The van der Waals surface area contributed by atoms with Crippen LogP contribution in [0.5, 0.6) is 0 Å². The molecule has 1 aromatic rings. The molecule has 0 spiro atoms. The highest BCUT2D eigenvalue weighted by Gasteiger charge is 2.24. The van der Waals surface area contributed by atoms with Crippen LogP contribution in [-0.2, 0) is 15.8 Å². The molecule has 2 N–H and O–H groups in total. The van der Waals surface area contributed by atoms with E-state index in [0.29, 0.717) is 36.2 Å². The van der Waals surface area contributed by atoms with Crippen LogP contribution in [0.2, 0.25) is 0 Å².